The summed E-state index contributed by atoms with van der Waals surface area (Å²) in [5.41, 5.74) is 2.09. The summed E-state index contributed by atoms with van der Waals surface area (Å²) in [6, 6.07) is 12.3. The summed E-state index contributed by atoms with van der Waals surface area (Å²) in [7, 11) is 0. The summed E-state index contributed by atoms with van der Waals surface area (Å²) in [6.07, 6.45) is 5.45. The molecule has 0 aliphatic rings. The quantitative estimate of drug-likeness (QED) is 0.851. The molecule has 0 saturated carbocycles. The van der Waals surface area contributed by atoms with Gasteiger partial charge < -0.3 is 9.52 Å². The van der Waals surface area contributed by atoms with Crippen molar-refractivity contribution in [3.63, 3.8) is 0 Å². The van der Waals surface area contributed by atoms with Crippen molar-refractivity contribution >= 4 is 0 Å². The Kier molecular flexibility index (Phi) is 4.43. The highest BCUT2D eigenvalue weighted by Crippen LogP contribution is 2.36. The molecule has 0 aliphatic heterocycles. The molecule has 0 amide bonds. The van der Waals surface area contributed by atoms with Crippen LogP contribution in [0.1, 0.15) is 37.8 Å². The van der Waals surface area contributed by atoms with E-state index >= 15 is 0 Å². The van der Waals surface area contributed by atoms with Crippen molar-refractivity contribution in [3.8, 4) is 0 Å². The molecule has 1 atom stereocenters. The van der Waals surface area contributed by atoms with Gasteiger partial charge in [0.1, 0.15) is 0 Å². The topological polar surface area (TPSA) is 33.4 Å². The smallest absolute Gasteiger partial charge is 0.0935 e. The molecule has 0 saturated heterocycles. The first-order chi connectivity index (χ1) is 9.23. The van der Waals surface area contributed by atoms with Gasteiger partial charge in [0.25, 0.3) is 0 Å². The average molecular weight is 258 g/mol. The van der Waals surface area contributed by atoms with Crippen molar-refractivity contribution in [2.75, 3.05) is 0 Å². The molecule has 0 bridgehead atoms. The lowest BCUT2D eigenvalue weighted by Crippen LogP contribution is -2.40. The Morgan fingerprint density at radius 2 is 1.79 bits per heavy atom. The Morgan fingerprint density at radius 1 is 1.11 bits per heavy atom. The van der Waals surface area contributed by atoms with Crippen LogP contribution < -0.4 is 0 Å². The maximum Gasteiger partial charge on any atom is 0.0935 e. The van der Waals surface area contributed by atoms with Gasteiger partial charge in [-0.15, -0.1) is 0 Å². The van der Waals surface area contributed by atoms with Crippen LogP contribution in [0.15, 0.2) is 53.3 Å². The van der Waals surface area contributed by atoms with Gasteiger partial charge in [-0.05, 0) is 30.0 Å². The summed E-state index contributed by atoms with van der Waals surface area (Å²) >= 11 is 0. The highest BCUT2D eigenvalue weighted by molar-refractivity contribution is 5.28. The summed E-state index contributed by atoms with van der Waals surface area (Å²) in [5.74, 6) is 0. The first kappa shape index (κ1) is 13.9. The van der Waals surface area contributed by atoms with Gasteiger partial charge in [-0.3, -0.25) is 0 Å². The van der Waals surface area contributed by atoms with E-state index in [0.717, 1.165) is 18.4 Å². The number of aliphatic hydroxyl groups excluding tert-OH is 1. The highest BCUT2D eigenvalue weighted by atomic mass is 16.3. The average Bonchev–Trinajstić information content (AvgIpc) is 2.95. The molecule has 2 heteroatoms. The molecule has 1 heterocycles. The minimum Gasteiger partial charge on any atom is -0.472 e. The molecule has 0 radical (unpaired) electrons. The molecule has 19 heavy (non-hydrogen) atoms. The Bertz CT molecular complexity index is 469. The molecule has 2 nitrogen and oxygen atoms in total. The maximum absolute atomic E-state index is 10.7. The van der Waals surface area contributed by atoms with Gasteiger partial charge in [-0.25, -0.2) is 0 Å². The Hall–Kier alpha value is -1.54. The molecule has 2 aromatic rings. The lowest BCUT2D eigenvalue weighted by atomic mass is 9.70. The van der Waals surface area contributed by atoms with Gasteiger partial charge in [0.15, 0.2) is 0 Å². The van der Waals surface area contributed by atoms with E-state index in [9.17, 15) is 5.11 Å². The van der Waals surface area contributed by atoms with E-state index in [1.165, 1.54) is 5.56 Å². The van der Waals surface area contributed by atoms with Crippen molar-refractivity contribution in [1.29, 1.82) is 0 Å². The van der Waals surface area contributed by atoms with Gasteiger partial charge in [-0.2, -0.15) is 0 Å². The SMILES string of the molecule is CCC(CC)(c1ccccc1)C(O)Cc1ccoc1. The van der Waals surface area contributed by atoms with Gasteiger partial charge in [-0.1, -0.05) is 44.2 Å². The van der Waals surface area contributed by atoms with Crippen LogP contribution in [0.2, 0.25) is 0 Å². The minimum absolute atomic E-state index is 0.182. The summed E-state index contributed by atoms with van der Waals surface area (Å²) in [5, 5.41) is 10.7. The number of hydrogen-bond acceptors (Lipinski definition) is 2. The van der Waals surface area contributed by atoms with Crippen LogP contribution in [0.3, 0.4) is 0 Å². The van der Waals surface area contributed by atoms with Crippen molar-refractivity contribution in [1.82, 2.24) is 0 Å². The third-order valence-electron chi connectivity index (χ3n) is 4.26. The molecule has 1 aromatic heterocycles. The van der Waals surface area contributed by atoms with E-state index in [2.05, 4.69) is 26.0 Å². The molecule has 1 aromatic carbocycles. The molecule has 0 fully saturated rings. The largest absolute Gasteiger partial charge is 0.472 e. The van der Waals surface area contributed by atoms with Crippen molar-refractivity contribution in [2.24, 2.45) is 0 Å². The Morgan fingerprint density at radius 3 is 2.32 bits per heavy atom. The molecular formula is C17H22O2. The monoisotopic (exact) mass is 258 g/mol. The van der Waals surface area contributed by atoms with Crippen LogP contribution in [-0.4, -0.2) is 11.2 Å². The van der Waals surface area contributed by atoms with E-state index in [4.69, 9.17) is 4.42 Å². The number of aliphatic hydroxyl groups is 1. The van der Waals surface area contributed by atoms with E-state index < -0.39 is 6.10 Å². The van der Waals surface area contributed by atoms with Crippen LogP contribution in [0, 0.1) is 0 Å². The first-order valence-corrected chi connectivity index (χ1v) is 6.97. The summed E-state index contributed by atoms with van der Waals surface area (Å²) in [6.45, 7) is 4.30. The van der Waals surface area contributed by atoms with Crippen LogP contribution in [0.4, 0.5) is 0 Å². The van der Waals surface area contributed by atoms with Crippen LogP contribution in [-0.2, 0) is 11.8 Å². The third kappa shape index (κ3) is 2.74. The molecule has 1 N–H and O–H groups in total. The highest BCUT2D eigenvalue weighted by Gasteiger charge is 2.36. The molecule has 102 valence electrons. The zero-order valence-corrected chi connectivity index (χ0v) is 11.7. The van der Waals surface area contributed by atoms with E-state index in [-0.39, 0.29) is 5.41 Å². The van der Waals surface area contributed by atoms with Gasteiger partial charge in [0.2, 0.25) is 0 Å². The normalized spacial score (nSPS) is 13.4. The van der Waals surface area contributed by atoms with Crippen LogP contribution in [0.25, 0.3) is 0 Å². The number of rotatable bonds is 6. The maximum atomic E-state index is 10.7. The second-order valence-corrected chi connectivity index (χ2v) is 5.08. The fourth-order valence-corrected chi connectivity index (χ4v) is 2.92. The first-order valence-electron chi connectivity index (χ1n) is 6.97. The zero-order valence-electron chi connectivity index (χ0n) is 11.7. The number of hydrogen-bond donors (Lipinski definition) is 1. The number of benzene rings is 1. The van der Waals surface area contributed by atoms with Crippen LogP contribution in [0.5, 0.6) is 0 Å². The lowest BCUT2D eigenvalue weighted by Gasteiger charge is -2.37. The predicted molar refractivity (Wildman–Crippen MR) is 77.1 cm³/mol. The van der Waals surface area contributed by atoms with Gasteiger partial charge in [0, 0.05) is 11.8 Å². The van der Waals surface area contributed by atoms with Crippen LogP contribution >= 0.6 is 0 Å². The van der Waals surface area contributed by atoms with Crippen molar-refractivity contribution in [3.05, 3.63) is 60.1 Å². The lowest BCUT2D eigenvalue weighted by molar-refractivity contribution is 0.0732. The van der Waals surface area contributed by atoms with Crippen molar-refractivity contribution < 1.29 is 9.52 Å². The molecule has 2 rings (SSSR count). The molecular weight excluding hydrogens is 236 g/mol. The third-order valence-corrected chi connectivity index (χ3v) is 4.26. The summed E-state index contributed by atoms with van der Waals surface area (Å²) in [4.78, 5) is 0. The summed E-state index contributed by atoms with van der Waals surface area (Å²) < 4.78 is 5.09. The second-order valence-electron chi connectivity index (χ2n) is 5.08. The van der Waals surface area contributed by atoms with E-state index in [1.807, 2.05) is 24.3 Å². The zero-order chi connectivity index (χ0) is 13.7. The Balaban J connectivity index is 2.28. The van der Waals surface area contributed by atoms with Gasteiger partial charge in [0.05, 0.1) is 18.6 Å². The van der Waals surface area contributed by atoms with E-state index in [0.29, 0.717) is 6.42 Å². The molecule has 0 aliphatic carbocycles. The molecule has 0 spiro atoms. The second kappa shape index (κ2) is 6.07. The van der Waals surface area contributed by atoms with Gasteiger partial charge >= 0.3 is 0 Å². The Labute approximate surface area is 115 Å². The van der Waals surface area contributed by atoms with Crippen molar-refractivity contribution in [2.45, 2.75) is 44.6 Å². The molecule has 1 unspecified atom stereocenters. The van der Waals surface area contributed by atoms with E-state index in [1.54, 1.807) is 12.5 Å². The number of furan rings is 1. The standard InChI is InChI=1S/C17H22O2/c1-3-17(4-2,15-8-6-5-7-9-15)16(18)12-14-10-11-19-13-14/h5-11,13,16,18H,3-4,12H2,1-2H3. The fourth-order valence-electron chi connectivity index (χ4n) is 2.92. The fraction of sp³-hybridized carbons (Fsp3) is 0.412. The minimum atomic E-state index is -0.400. The predicted octanol–water partition coefficient (Wildman–Crippen LogP) is 3.94.